The van der Waals surface area contributed by atoms with Crippen molar-refractivity contribution < 1.29 is 18.3 Å². The van der Waals surface area contributed by atoms with Crippen molar-refractivity contribution >= 4 is 15.8 Å². The summed E-state index contributed by atoms with van der Waals surface area (Å²) in [5.74, 6) is 1.15. The molecule has 1 saturated heterocycles. The highest BCUT2D eigenvalue weighted by Crippen LogP contribution is 2.24. The maximum Gasteiger partial charge on any atom is 0.307 e. The van der Waals surface area contributed by atoms with Crippen LogP contribution >= 0.6 is 0 Å². The molecule has 8 heteroatoms. The van der Waals surface area contributed by atoms with E-state index in [0.29, 0.717) is 44.6 Å². The summed E-state index contributed by atoms with van der Waals surface area (Å²) in [6.07, 6.45) is 3.05. The van der Waals surface area contributed by atoms with Gasteiger partial charge in [0.15, 0.2) is 5.82 Å². The van der Waals surface area contributed by atoms with E-state index in [9.17, 15) is 13.2 Å². The van der Waals surface area contributed by atoms with Gasteiger partial charge in [0.25, 0.3) is 0 Å². The number of hydrogen-bond donors (Lipinski definition) is 1. The molecule has 3 rings (SSSR count). The highest BCUT2D eigenvalue weighted by atomic mass is 32.2. The molecule has 0 spiro atoms. The van der Waals surface area contributed by atoms with Gasteiger partial charge in [-0.3, -0.25) is 4.79 Å². The minimum absolute atomic E-state index is 0.256. The Hall–Kier alpha value is -1.44. The smallest absolute Gasteiger partial charge is 0.307 e. The average molecular weight is 313 g/mol. The van der Waals surface area contributed by atoms with Crippen LogP contribution in [0.1, 0.15) is 30.9 Å². The predicted octanol–water partition coefficient (Wildman–Crippen LogP) is 0.292. The Morgan fingerprint density at radius 3 is 2.67 bits per heavy atom. The van der Waals surface area contributed by atoms with E-state index >= 15 is 0 Å². The third kappa shape index (κ3) is 3.25. The zero-order valence-corrected chi connectivity index (χ0v) is 12.5. The van der Waals surface area contributed by atoms with E-state index in [2.05, 4.69) is 10.1 Å². The van der Waals surface area contributed by atoms with Gasteiger partial charge < -0.3 is 5.11 Å². The van der Waals surface area contributed by atoms with E-state index < -0.39 is 15.8 Å². The Morgan fingerprint density at radius 1 is 1.29 bits per heavy atom. The van der Waals surface area contributed by atoms with Crippen LogP contribution in [0.15, 0.2) is 0 Å². The quantitative estimate of drug-likeness (QED) is 0.860. The summed E-state index contributed by atoms with van der Waals surface area (Å²) in [5, 5.41) is 13.5. The lowest BCUT2D eigenvalue weighted by Crippen LogP contribution is -2.26. The number of aliphatic carboxylic acids is 1. The van der Waals surface area contributed by atoms with Crippen LogP contribution in [0.2, 0.25) is 0 Å². The van der Waals surface area contributed by atoms with Crippen molar-refractivity contribution in [3.8, 4) is 0 Å². The molecule has 0 aromatic carbocycles. The first-order valence-electron chi connectivity index (χ1n) is 7.29. The molecule has 0 bridgehead atoms. The van der Waals surface area contributed by atoms with Gasteiger partial charge in [0.05, 0.1) is 17.4 Å². The van der Waals surface area contributed by atoms with Crippen molar-refractivity contribution in [1.82, 2.24) is 14.8 Å². The summed E-state index contributed by atoms with van der Waals surface area (Å²) in [5.41, 5.74) is 0. The highest BCUT2D eigenvalue weighted by Gasteiger charge is 2.28. The first-order chi connectivity index (χ1) is 9.93. The molecule has 0 aliphatic carbocycles. The minimum Gasteiger partial charge on any atom is -0.481 e. The summed E-state index contributed by atoms with van der Waals surface area (Å²) >= 11 is 0. The van der Waals surface area contributed by atoms with Gasteiger partial charge in [-0.1, -0.05) is 0 Å². The van der Waals surface area contributed by atoms with E-state index in [1.165, 1.54) is 0 Å². The number of aryl methyl sites for hydroxylation is 1. The van der Waals surface area contributed by atoms with Crippen molar-refractivity contribution in [2.24, 2.45) is 11.8 Å². The lowest BCUT2D eigenvalue weighted by atomic mass is 9.98. The second-order valence-corrected chi connectivity index (χ2v) is 8.30. The molecule has 116 valence electrons. The third-order valence-corrected chi connectivity index (χ3v) is 6.12. The van der Waals surface area contributed by atoms with Crippen LogP contribution in [0.4, 0.5) is 0 Å². The van der Waals surface area contributed by atoms with Gasteiger partial charge in [0.2, 0.25) is 0 Å². The molecule has 1 N–H and O–H groups in total. The van der Waals surface area contributed by atoms with Gasteiger partial charge in [-0.15, -0.1) is 0 Å². The summed E-state index contributed by atoms with van der Waals surface area (Å²) in [7, 11) is -2.84. The summed E-state index contributed by atoms with van der Waals surface area (Å²) < 4.78 is 24.6. The standard InChI is InChI=1S/C13H19N3O4S/c17-13(18)10-1-4-16-12(8-10)14-11(15-16)7-9-2-5-21(19,20)6-3-9/h9-10H,1-8H2,(H,17,18). The second-order valence-electron chi connectivity index (χ2n) is 5.99. The van der Waals surface area contributed by atoms with Crippen LogP contribution in [-0.4, -0.2) is 45.8 Å². The van der Waals surface area contributed by atoms with Crippen molar-refractivity contribution in [3.05, 3.63) is 11.6 Å². The Labute approximate surface area is 123 Å². The molecule has 2 aliphatic heterocycles. The number of sulfone groups is 1. The normalized spacial score (nSPS) is 25.4. The third-order valence-electron chi connectivity index (χ3n) is 4.41. The van der Waals surface area contributed by atoms with Gasteiger partial charge in [-0.05, 0) is 25.2 Å². The second kappa shape index (κ2) is 5.40. The lowest BCUT2D eigenvalue weighted by Gasteiger charge is -2.20. The fourth-order valence-electron chi connectivity index (χ4n) is 3.06. The molecule has 1 unspecified atom stereocenters. The van der Waals surface area contributed by atoms with Crippen molar-refractivity contribution in [2.45, 2.75) is 38.6 Å². The molecule has 1 aromatic rings. The molecule has 0 amide bonds. The average Bonchev–Trinajstić information content (AvgIpc) is 2.82. The molecule has 21 heavy (non-hydrogen) atoms. The Morgan fingerprint density at radius 2 is 2.00 bits per heavy atom. The van der Waals surface area contributed by atoms with Crippen LogP contribution in [0.3, 0.4) is 0 Å². The maximum absolute atomic E-state index is 11.4. The number of aromatic nitrogens is 3. The van der Waals surface area contributed by atoms with Crippen LogP contribution in [0.25, 0.3) is 0 Å². The first-order valence-corrected chi connectivity index (χ1v) is 9.11. The van der Waals surface area contributed by atoms with Gasteiger partial charge in [0.1, 0.15) is 15.7 Å². The first kappa shape index (κ1) is 14.5. The van der Waals surface area contributed by atoms with Crippen molar-refractivity contribution in [2.75, 3.05) is 11.5 Å². The molecule has 1 atom stereocenters. The van der Waals surface area contributed by atoms with Gasteiger partial charge >= 0.3 is 5.97 Å². The summed E-state index contributed by atoms with van der Waals surface area (Å²) in [6, 6.07) is 0. The highest BCUT2D eigenvalue weighted by molar-refractivity contribution is 7.91. The minimum atomic E-state index is -2.84. The Bertz CT molecular complexity index is 638. The summed E-state index contributed by atoms with van der Waals surface area (Å²) in [6.45, 7) is 0.596. The Kier molecular flexibility index (Phi) is 3.73. The monoisotopic (exact) mass is 313 g/mol. The fourth-order valence-corrected chi connectivity index (χ4v) is 4.64. The number of carboxylic acid groups (broad SMARTS) is 1. The molecular weight excluding hydrogens is 294 g/mol. The molecule has 1 fully saturated rings. The van der Waals surface area contributed by atoms with Crippen LogP contribution in [-0.2, 0) is 34.0 Å². The van der Waals surface area contributed by atoms with E-state index in [1.54, 1.807) is 4.68 Å². The molecular formula is C13H19N3O4S. The molecule has 0 saturated carbocycles. The van der Waals surface area contributed by atoms with Gasteiger partial charge in [-0.2, -0.15) is 5.10 Å². The number of carbonyl (C=O) groups is 1. The zero-order chi connectivity index (χ0) is 15.0. The van der Waals surface area contributed by atoms with E-state index in [1.807, 2.05) is 0 Å². The number of fused-ring (bicyclic) bond motifs is 1. The largest absolute Gasteiger partial charge is 0.481 e. The SMILES string of the molecule is O=C(O)C1CCn2nc(CC3CCS(=O)(=O)CC3)nc2C1. The molecule has 1 aromatic heterocycles. The van der Waals surface area contributed by atoms with Crippen LogP contribution < -0.4 is 0 Å². The molecule has 0 radical (unpaired) electrons. The molecule has 7 nitrogen and oxygen atoms in total. The lowest BCUT2D eigenvalue weighted by molar-refractivity contribution is -0.142. The number of nitrogens with zero attached hydrogens (tertiary/aromatic N) is 3. The molecule has 2 aliphatic rings. The van der Waals surface area contributed by atoms with Crippen molar-refractivity contribution in [3.63, 3.8) is 0 Å². The number of hydrogen-bond acceptors (Lipinski definition) is 5. The topological polar surface area (TPSA) is 102 Å². The van der Waals surface area contributed by atoms with E-state index in [4.69, 9.17) is 5.11 Å². The maximum atomic E-state index is 11.4. The van der Waals surface area contributed by atoms with Gasteiger partial charge in [0, 0.05) is 19.4 Å². The van der Waals surface area contributed by atoms with Crippen LogP contribution in [0.5, 0.6) is 0 Å². The molecule has 3 heterocycles. The van der Waals surface area contributed by atoms with Crippen molar-refractivity contribution in [1.29, 1.82) is 0 Å². The summed E-state index contributed by atoms with van der Waals surface area (Å²) in [4.78, 5) is 15.5. The fraction of sp³-hybridized carbons (Fsp3) is 0.769. The van der Waals surface area contributed by atoms with E-state index in [0.717, 1.165) is 11.6 Å². The predicted molar refractivity (Wildman–Crippen MR) is 74.6 cm³/mol. The van der Waals surface area contributed by atoms with Gasteiger partial charge in [-0.25, -0.2) is 18.1 Å². The number of rotatable bonds is 3. The number of carboxylic acids is 1. The zero-order valence-electron chi connectivity index (χ0n) is 11.7. The van der Waals surface area contributed by atoms with E-state index in [-0.39, 0.29) is 17.4 Å². The van der Waals surface area contributed by atoms with Crippen LogP contribution in [0, 0.1) is 11.8 Å². The Balaban J connectivity index is 1.65.